The molecule has 1 aromatic rings. The monoisotopic (exact) mass is 241 g/mol. The summed E-state index contributed by atoms with van der Waals surface area (Å²) in [5, 5.41) is 4.18. The van der Waals surface area contributed by atoms with Crippen LogP contribution in [0, 0.1) is 11.8 Å². The summed E-state index contributed by atoms with van der Waals surface area (Å²) in [6.45, 7) is 4.27. The zero-order valence-corrected chi connectivity index (χ0v) is 10.8. The van der Waals surface area contributed by atoms with Crippen LogP contribution in [-0.4, -0.2) is 16.1 Å². The number of nitrogens with one attached hydrogen (secondary N) is 1. The normalized spacial score (nSPS) is 25.2. The summed E-state index contributed by atoms with van der Waals surface area (Å²) in [6.07, 6.45) is 5.83. The van der Waals surface area contributed by atoms with Crippen molar-refractivity contribution in [2.75, 3.05) is 6.54 Å². The second kappa shape index (κ2) is 5.19. The molecule has 0 saturated heterocycles. The molecule has 0 bridgehead atoms. The van der Waals surface area contributed by atoms with E-state index in [4.69, 9.17) is 11.6 Å². The van der Waals surface area contributed by atoms with E-state index in [-0.39, 0.29) is 0 Å². The Hall–Kier alpha value is -0.540. The Labute approximate surface area is 102 Å². The number of imidazole rings is 1. The van der Waals surface area contributed by atoms with Crippen molar-refractivity contribution >= 4 is 11.6 Å². The Bertz CT molecular complexity index is 348. The molecular formula is C12H20ClN3. The van der Waals surface area contributed by atoms with E-state index >= 15 is 0 Å². The largest absolute Gasteiger partial charge is 0.321 e. The van der Waals surface area contributed by atoms with E-state index in [9.17, 15) is 0 Å². The van der Waals surface area contributed by atoms with Crippen LogP contribution in [0.3, 0.4) is 0 Å². The average Bonchev–Trinajstić information content (AvgIpc) is 2.79. The van der Waals surface area contributed by atoms with Gasteiger partial charge in [-0.25, -0.2) is 4.98 Å². The molecule has 2 atom stereocenters. The summed E-state index contributed by atoms with van der Waals surface area (Å²) >= 11 is 5.93. The van der Waals surface area contributed by atoms with Crippen LogP contribution >= 0.6 is 11.6 Å². The van der Waals surface area contributed by atoms with Crippen LogP contribution in [0.1, 0.15) is 32.0 Å². The van der Waals surface area contributed by atoms with Gasteiger partial charge >= 0.3 is 0 Å². The third-order valence-electron chi connectivity index (χ3n) is 3.55. The highest BCUT2D eigenvalue weighted by Gasteiger charge is 2.20. The number of nitrogens with zero attached hydrogens (tertiary/aromatic N) is 2. The molecule has 0 aliphatic heterocycles. The van der Waals surface area contributed by atoms with Crippen LogP contribution in [0.4, 0.5) is 0 Å². The minimum atomic E-state index is 0.700. The lowest BCUT2D eigenvalue weighted by Gasteiger charge is -2.10. The Morgan fingerprint density at radius 2 is 2.38 bits per heavy atom. The summed E-state index contributed by atoms with van der Waals surface area (Å²) in [5.41, 5.74) is 0. The molecule has 16 heavy (non-hydrogen) atoms. The van der Waals surface area contributed by atoms with Gasteiger partial charge in [0.15, 0.2) is 0 Å². The first-order valence-electron chi connectivity index (χ1n) is 6.03. The minimum Gasteiger partial charge on any atom is -0.321 e. The summed E-state index contributed by atoms with van der Waals surface area (Å²) < 4.78 is 1.92. The molecule has 0 amide bonds. The van der Waals surface area contributed by atoms with Gasteiger partial charge < -0.3 is 9.88 Å². The van der Waals surface area contributed by atoms with Crippen LogP contribution in [0.2, 0.25) is 5.15 Å². The molecule has 1 aliphatic carbocycles. The van der Waals surface area contributed by atoms with Crippen LogP contribution in [-0.2, 0) is 13.6 Å². The molecule has 0 spiro atoms. The molecule has 0 aromatic carbocycles. The smallest absolute Gasteiger partial charge is 0.128 e. The van der Waals surface area contributed by atoms with Crippen molar-refractivity contribution < 1.29 is 0 Å². The van der Waals surface area contributed by atoms with Gasteiger partial charge in [-0.3, -0.25) is 0 Å². The third-order valence-corrected chi connectivity index (χ3v) is 3.90. The molecule has 1 heterocycles. The highest BCUT2D eigenvalue weighted by molar-refractivity contribution is 6.29. The van der Waals surface area contributed by atoms with E-state index in [1.54, 1.807) is 6.20 Å². The molecule has 3 nitrogen and oxygen atoms in total. The fourth-order valence-corrected chi connectivity index (χ4v) is 2.63. The number of hydrogen-bond donors (Lipinski definition) is 1. The Morgan fingerprint density at radius 1 is 1.56 bits per heavy atom. The van der Waals surface area contributed by atoms with Gasteiger partial charge in [0.05, 0.1) is 12.7 Å². The van der Waals surface area contributed by atoms with Crippen molar-refractivity contribution in [2.45, 2.75) is 32.7 Å². The van der Waals surface area contributed by atoms with Gasteiger partial charge in [0.2, 0.25) is 0 Å². The number of aromatic nitrogens is 2. The highest BCUT2D eigenvalue weighted by Crippen LogP contribution is 2.29. The summed E-state index contributed by atoms with van der Waals surface area (Å²) in [5.74, 6) is 2.77. The molecular weight excluding hydrogens is 222 g/mol. The SMILES string of the molecule is CC1CCC(CNCc2ncc(Cl)n2C)C1. The molecule has 1 fully saturated rings. The zero-order valence-electron chi connectivity index (χ0n) is 10.0. The maximum absolute atomic E-state index is 5.93. The topological polar surface area (TPSA) is 29.9 Å². The van der Waals surface area contributed by atoms with Crippen LogP contribution in [0.25, 0.3) is 0 Å². The second-order valence-electron chi connectivity index (χ2n) is 4.97. The van der Waals surface area contributed by atoms with Gasteiger partial charge in [0.25, 0.3) is 0 Å². The predicted octanol–water partition coefficient (Wildman–Crippen LogP) is 2.60. The van der Waals surface area contributed by atoms with Crippen LogP contribution in [0.15, 0.2) is 6.20 Å². The van der Waals surface area contributed by atoms with E-state index < -0.39 is 0 Å². The van der Waals surface area contributed by atoms with Gasteiger partial charge in [-0.15, -0.1) is 0 Å². The van der Waals surface area contributed by atoms with Gasteiger partial charge in [-0.2, -0.15) is 0 Å². The van der Waals surface area contributed by atoms with E-state index in [1.165, 1.54) is 19.3 Å². The van der Waals surface area contributed by atoms with Crippen LogP contribution in [0.5, 0.6) is 0 Å². The average molecular weight is 242 g/mol. The molecule has 1 aliphatic rings. The van der Waals surface area contributed by atoms with Gasteiger partial charge in [0.1, 0.15) is 11.0 Å². The quantitative estimate of drug-likeness (QED) is 0.878. The summed E-state index contributed by atoms with van der Waals surface area (Å²) in [6, 6.07) is 0. The van der Waals surface area contributed by atoms with E-state index in [0.717, 1.165) is 30.7 Å². The number of rotatable bonds is 4. The second-order valence-corrected chi connectivity index (χ2v) is 5.36. The molecule has 4 heteroatoms. The fraction of sp³-hybridized carbons (Fsp3) is 0.750. The molecule has 1 N–H and O–H groups in total. The standard InChI is InChI=1S/C12H20ClN3/c1-9-3-4-10(5-9)6-14-8-12-15-7-11(13)16(12)2/h7,9-10,14H,3-6,8H2,1-2H3. The maximum atomic E-state index is 5.93. The summed E-state index contributed by atoms with van der Waals surface area (Å²) in [7, 11) is 1.95. The van der Waals surface area contributed by atoms with Crippen molar-refractivity contribution in [3.05, 3.63) is 17.2 Å². The number of halogens is 1. The lowest BCUT2D eigenvalue weighted by atomic mass is 10.1. The lowest BCUT2D eigenvalue weighted by Crippen LogP contribution is -2.22. The Morgan fingerprint density at radius 3 is 2.94 bits per heavy atom. The van der Waals surface area contributed by atoms with Gasteiger partial charge in [0, 0.05) is 7.05 Å². The van der Waals surface area contributed by atoms with Gasteiger partial charge in [-0.1, -0.05) is 24.9 Å². The molecule has 2 unspecified atom stereocenters. The molecule has 2 rings (SSSR count). The predicted molar refractivity (Wildman–Crippen MR) is 66.4 cm³/mol. The highest BCUT2D eigenvalue weighted by atomic mass is 35.5. The molecule has 90 valence electrons. The van der Waals surface area contributed by atoms with Crippen molar-refractivity contribution in [3.8, 4) is 0 Å². The summed E-state index contributed by atoms with van der Waals surface area (Å²) in [4.78, 5) is 4.26. The van der Waals surface area contributed by atoms with Crippen molar-refractivity contribution in [3.63, 3.8) is 0 Å². The van der Waals surface area contributed by atoms with E-state index in [0.29, 0.717) is 5.15 Å². The molecule has 0 radical (unpaired) electrons. The van der Waals surface area contributed by atoms with E-state index in [2.05, 4.69) is 17.2 Å². The maximum Gasteiger partial charge on any atom is 0.128 e. The van der Waals surface area contributed by atoms with E-state index in [1.807, 2.05) is 11.6 Å². The molecule has 1 aromatic heterocycles. The first-order valence-corrected chi connectivity index (χ1v) is 6.41. The first kappa shape index (κ1) is 11.9. The molecule has 1 saturated carbocycles. The van der Waals surface area contributed by atoms with Crippen molar-refractivity contribution in [1.29, 1.82) is 0 Å². The first-order chi connectivity index (χ1) is 7.66. The fourth-order valence-electron chi connectivity index (χ4n) is 2.49. The zero-order chi connectivity index (χ0) is 11.5. The Balaban J connectivity index is 1.74. The lowest BCUT2D eigenvalue weighted by molar-refractivity contribution is 0.464. The van der Waals surface area contributed by atoms with Crippen LogP contribution < -0.4 is 5.32 Å². The number of hydrogen-bond acceptors (Lipinski definition) is 2. The Kier molecular flexibility index (Phi) is 3.87. The third kappa shape index (κ3) is 2.77. The minimum absolute atomic E-state index is 0.700. The van der Waals surface area contributed by atoms with Crippen molar-refractivity contribution in [1.82, 2.24) is 14.9 Å². The van der Waals surface area contributed by atoms with Crippen molar-refractivity contribution in [2.24, 2.45) is 18.9 Å². The van der Waals surface area contributed by atoms with Gasteiger partial charge in [-0.05, 0) is 31.2 Å².